The van der Waals surface area contributed by atoms with Crippen molar-refractivity contribution < 1.29 is 4.79 Å². The van der Waals surface area contributed by atoms with Crippen LogP contribution in [0, 0.1) is 0 Å². The molecule has 0 aromatic carbocycles. The van der Waals surface area contributed by atoms with Crippen LogP contribution in [0.1, 0.15) is 110 Å². The second-order valence-corrected chi connectivity index (χ2v) is 8.14. The van der Waals surface area contributed by atoms with Crippen molar-refractivity contribution in [3.8, 4) is 0 Å². The van der Waals surface area contributed by atoms with Gasteiger partial charge in [0.05, 0.1) is 0 Å². The third-order valence-corrected chi connectivity index (χ3v) is 5.29. The zero-order chi connectivity index (χ0) is 20.0. The lowest BCUT2D eigenvalue weighted by atomic mass is 10.0. The van der Waals surface area contributed by atoms with Crippen LogP contribution in [-0.4, -0.2) is 44.0 Å². The van der Waals surface area contributed by atoms with Crippen LogP contribution in [-0.2, 0) is 4.79 Å². The van der Waals surface area contributed by atoms with Crippen molar-refractivity contribution in [2.45, 2.75) is 110 Å². The maximum absolute atomic E-state index is 11.8. The molecule has 27 heavy (non-hydrogen) atoms. The highest BCUT2D eigenvalue weighted by atomic mass is 16.1. The number of hydrogen-bond acceptors (Lipinski definition) is 3. The van der Waals surface area contributed by atoms with Crippen LogP contribution in [0.15, 0.2) is 0 Å². The molecule has 1 amide bonds. The van der Waals surface area contributed by atoms with Crippen molar-refractivity contribution in [2.24, 2.45) is 5.73 Å². The molecule has 0 aliphatic heterocycles. The van der Waals surface area contributed by atoms with Gasteiger partial charge in [-0.15, -0.1) is 0 Å². The van der Waals surface area contributed by atoms with Gasteiger partial charge < -0.3 is 16.0 Å². The molecule has 0 radical (unpaired) electrons. The van der Waals surface area contributed by atoms with Gasteiger partial charge in [0.1, 0.15) is 0 Å². The van der Waals surface area contributed by atoms with Crippen molar-refractivity contribution in [2.75, 3.05) is 33.2 Å². The standard InChI is InChI=1S/C23H49N3O/c1-3-4-5-6-7-8-9-10-11-12-13-14-15-18-23(27)25-20-17-22-26(2)21-16-19-24/h3-22,24H2,1-2H3,(H,25,27). The van der Waals surface area contributed by atoms with Gasteiger partial charge in [-0.2, -0.15) is 0 Å². The zero-order valence-corrected chi connectivity index (χ0v) is 18.6. The summed E-state index contributed by atoms with van der Waals surface area (Å²) in [5.74, 6) is 0.225. The molecule has 0 atom stereocenters. The van der Waals surface area contributed by atoms with E-state index in [2.05, 4.69) is 24.2 Å². The summed E-state index contributed by atoms with van der Waals surface area (Å²) in [5, 5.41) is 3.05. The first-order chi connectivity index (χ1) is 13.2. The first kappa shape index (κ1) is 26.4. The minimum atomic E-state index is 0.225. The van der Waals surface area contributed by atoms with E-state index in [0.717, 1.165) is 45.4 Å². The van der Waals surface area contributed by atoms with E-state index in [9.17, 15) is 4.79 Å². The van der Waals surface area contributed by atoms with Gasteiger partial charge in [0.25, 0.3) is 0 Å². The Kier molecular flexibility index (Phi) is 21.2. The van der Waals surface area contributed by atoms with E-state index in [-0.39, 0.29) is 5.91 Å². The molecule has 0 aromatic heterocycles. The van der Waals surface area contributed by atoms with Gasteiger partial charge in [0, 0.05) is 13.0 Å². The summed E-state index contributed by atoms with van der Waals surface area (Å²) >= 11 is 0. The Morgan fingerprint density at radius 3 is 1.74 bits per heavy atom. The van der Waals surface area contributed by atoms with E-state index in [4.69, 9.17) is 5.73 Å². The number of nitrogens with one attached hydrogen (secondary N) is 1. The van der Waals surface area contributed by atoms with Crippen LogP contribution < -0.4 is 11.1 Å². The average Bonchev–Trinajstić information content (AvgIpc) is 2.67. The first-order valence-electron chi connectivity index (χ1n) is 11.9. The Balaban J connectivity index is 3.21. The topological polar surface area (TPSA) is 58.4 Å². The summed E-state index contributed by atoms with van der Waals surface area (Å²) in [6.45, 7) is 5.89. The summed E-state index contributed by atoms with van der Waals surface area (Å²) in [5.41, 5.74) is 5.51. The third kappa shape index (κ3) is 21.5. The molecule has 0 aliphatic carbocycles. The molecule has 0 unspecified atom stereocenters. The lowest BCUT2D eigenvalue weighted by molar-refractivity contribution is -0.121. The second kappa shape index (κ2) is 21.7. The Labute approximate surface area is 170 Å². The predicted molar refractivity (Wildman–Crippen MR) is 119 cm³/mol. The molecule has 0 spiro atoms. The van der Waals surface area contributed by atoms with E-state index in [0.29, 0.717) is 6.42 Å². The molecule has 4 heteroatoms. The summed E-state index contributed by atoms with van der Waals surface area (Å²) in [6, 6.07) is 0. The van der Waals surface area contributed by atoms with E-state index >= 15 is 0 Å². The fraction of sp³-hybridized carbons (Fsp3) is 0.957. The fourth-order valence-electron chi connectivity index (χ4n) is 3.44. The number of nitrogens with two attached hydrogens (primary N) is 1. The SMILES string of the molecule is CCCCCCCCCCCCCCCC(=O)NCCCN(C)CCCN. The Bertz CT molecular complexity index is 310. The summed E-state index contributed by atoms with van der Waals surface area (Å²) in [6.07, 6.45) is 20.3. The summed E-state index contributed by atoms with van der Waals surface area (Å²) in [7, 11) is 2.12. The van der Waals surface area contributed by atoms with E-state index in [1.54, 1.807) is 0 Å². The number of hydrogen-bond donors (Lipinski definition) is 2. The van der Waals surface area contributed by atoms with Gasteiger partial charge in [-0.3, -0.25) is 4.79 Å². The summed E-state index contributed by atoms with van der Waals surface area (Å²) in [4.78, 5) is 14.1. The molecule has 0 fully saturated rings. The number of nitrogens with zero attached hydrogens (tertiary/aromatic N) is 1. The van der Waals surface area contributed by atoms with Gasteiger partial charge in [0.2, 0.25) is 5.91 Å². The van der Waals surface area contributed by atoms with Crippen molar-refractivity contribution in [3.63, 3.8) is 0 Å². The van der Waals surface area contributed by atoms with E-state index < -0.39 is 0 Å². The quantitative estimate of drug-likeness (QED) is 0.266. The molecule has 0 saturated heterocycles. The number of unbranched alkanes of at least 4 members (excludes halogenated alkanes) is 12. The van der Waals surface area contributed by atoms with Gasteiger partial charge >= 0.3 is 0 Å². The molecule has 162 valence electrons. The van der Waals surface area contributed by atoms with Crippen LogP contribution in [0.5, 0.6) is 0 Å². The van der Waals surface area contributed by atoms with Crippen LogP contribution in [0.3, 0.4) is 0 Å². The maximum atomic E-state index is 11.8. The monoisotopic (exact) mass is 383 g/mol. The first-order valence-corrected chi connectivity index (χ1v) is 11.9. The average molecular weight is 384 g/mol. The van der Waals surface area contributed by atoms with Crippen LogP contribution in [0.25, 0.3) is 0 Å². The van der Waals surface area contributed by atoms with Gasteiger partial charge in [-0.05, 0) is 45.9 Å². The largest absolute Gasteiger partial charge is 0.356 e. The van der Waals surface area contributed by atoms with Crippen molar-refractivity contribution in [1.29, 1.82) is 0 Å². The van der Waals surface area contributed by atoms with E-state index in [1.807, 2.05) is 0 Å². The van der Waals surface area contributed by atoms with Crippen molar-refractivity contribution in [3.05, 3.63) is 0 Å². The molecule has 0 rings (SSSR count). The zero-order valence-electron chi connectivity index (χ0n) is 18.6. The van der Waals surface area contributed by atoms with Crippen LogP contribution >= 0.6 is 0 Å². The highest BCUT2D eigenvalue weighted by Gasteiger charge is 2.02. The Morgan fingerprint density at radius 2 is 1.22 bits per heavy atom. The molecular weight excluding hydrogens is 334 g/mol. The molecule has 0 heterocycles. The number of carbonyl (C=O) groups excluding carboxylic acids is 1. The number of rotatable bonds is 21. The highest BCUT2D eigenvalue weighted by Crippen LogP contribution is 2.12. The predicted octanol–water partition coefficient (Wildman–Crippen LogP) is 5.25. The van der Waals surface area contributed by atoms with E-state index in [1.165, 1.54) is 77.0 Å². The Hall–Kier alpha value is -0.610. The molecule has 4 nitrogen and oxygen atoms in total. The molecule has 3 N–H and O–H groups in total. The Morgan fingerprint density at radius 1 is 0.741 bits per heavy atom. The van der Waals surface area contributed by atoms with Crippen molar-refractivity contribution >= 4 is 5.91 Å². The lowest BCUT2D eigenvalue weighted by Gasteiger charge is -2.15. The molecule has 0 bridgehead atoms. The highest BCUT2D eigenvalue weighted by molar-refractivity contribution is 5.75. The van der Waals surface area contributed by atoms with Gasteiger partial charge in [0.15, 0.2) is 0 Å². The van der Waals surface area contributed by atoms with Gasteiger partial charge in [-0.1, -0.05) is 84.0 Å². The lowest BCUT2D eigenvalue weighted by Crippen LogP contribution is -2.29. The third-order valence-electron chi connectivity index (χ3n) is 5.29. The maximum Gasteiger partial charge on any atom is 0.219 e. The number of amides is 1. The molecule has 0 aromatic rings. The molecule has 0 aliphatic rings. The van der Waals surface area contributed by atoms with Crippen LogP contribution in [0.4, 0.5) is 0 Å². The molecule has 0 saturated carbocycles. The summed E-state index contributed by atoms with van der Waals surface area (Å²) < 4.78 is 0. The van der Waals surface area contributed by atoms with Crippen molar-refractivity contribution in [1.82, 2.24) is 10.2 Å². The smallest absolute Gasteiger partial charge is 0.219 e. The fourth-order valence-corrected chi connectivity index (χ4v) is 3.44. The van der Waals surface area contributed by atoms with Crippen LogP contribution in [0.2, 0.25) is 0 Å². The van der Waals surface area contributed by atoms with Gasteiger partial charge in [-0.25, -0.2) is 0 Å². The normalized spacial score (nSPS) is 11.3. The number of carbonyl (C=O) groups is 1. The minimum absolute atomic E-state index is 0.225. The minimum Gasteiger partial charge on any atom is -0.356 e. The molecular formula is C23H49N3O. The second-order valence-electron chi connectivity index (χ2n) is 8.14.